The molecule has 0 spiro atoms. The Hall–Kier alpha value is -1.65. The van der Waals surface area contributed by atoms with Crippen molar-refractivity contribution >= 4 is 11.8 Å². The van der Waals surface area contributed by atoms with Gasteiger partial charge in [-0.25, -0.2) is 14.8 Å². The number of carbonyl (C=O) groups excluding carboxylic acids is 1. The molecular formula is C11H16N4O. The second-order valence-electron chi connectivity index (χ2n) is 4.03. The lowest BCUT2D eigenvalue weighted by molar-refractivity contribution is 0.244. The zero-order valence-electron chi connectivity index (χ0n) is 9.15. The van der Waals surface area contributed by atoms with E-state index >= 15 is 0 Å². The van der Waals surface area contributed by atoms with E-state index in [-0.39, 0.29) is 6.03 Å². The van der Waals surface area contributed by atoms with Crippen LogP contribution < -0.4 is 10.6 Å². The first-order valence-electron chi connectivity index (χ1n) is 5.68. The van der Waals surface area contributed by atoms with Crippen molar-refractivity contribution < 1.29 is 4.79 Å². The molecule has 86 valence electrons. The van der Waals surface area contributed by atoms with Gasteiger partial charge in [0, 0.05) is 12.2 Å². The van der Waals surface area contributed by atoms with Crippen molar-refractivity contribution in [1.29, 1.82) is 0 Å². The molecule has 1 aromatic rings. The fraction of sp³-hybridized carbons (Fsp3) is 0.545. The summed E-state index contributed by atoms with van der Waals surface area (Å²) in [5.41, 5.74) is 0. The van der Waals surface area contributed by atoms with Gasteiger partial charge in [0.05, 0.1) is 0 Å². The van der Waals surface area contributed by atoms with Gasteiger partial charge in [-0.3, -0.25) is 5.32 Å². The molecule has 1 heterocycles. The summed E-state index contributed by atoms with van der Waals surface area (Å²) in [6.07, 6.45) is 8.87. The molecule has 1 aliphatic rings. The maximum absolute atomic E-state index is 11.6. The topological polar surface area (TPSA) is 66.9 Å². The van der Waals surface area contributed by atoms with Gasteiger partial charge >= 0.3 is 6.03 Å². The Morgan fingerprint density at radius 1 is 1.31 bits per heavy atom. The van der Waals surface area contributed by atoms with Gasteiger partial charge in [0.1, 0.15) is 12.1 Å². The third-order valence-electron chi connectivity index (χ3n) is 2.76. The molecule has 1 fully saturated rings. The van der Waals surface area contributed by atoms with E-state index in [4.69, 9.17) is 0 Å². The van der Waals surface area contributed by atoms with E-state index in [9.17, 15) is 4.79 Å². The molecule has 1 aromatic heterocycles. The van der Waals surface area contributed by atoms with Crippen LogP contribution in [0, 0.1) is 0 Å². The zero-order chi connectivity index (χ0) is 11.2. The third-order valence-corrected chi connectivity index (χ3v) is 2.76. The number of rotatable bonds is 2. The molecule has 0 atom stereocenters. The van der Waals surface area contributed by atoms with Crippen LogP contribution in [0.3, 0.4) is 0 Å². The first-order valence-corrected chi connectivity index (χ1v) is 5.68. The first kappa shape index (κ1) is 10.9. The van der Waals surface area contributed by atoms with Gasteiger partial charge in [-0.15, -0.1) is 0 Å². The number of urea groups is 1. The van der Waals surface area contributed by atoms with Crippen molar-refractivity contribution in [3.63, 3.8) is 0 Å². The van der Waals surface area contributed by atoms with Gasteiger partial charge in [-0.05, 0) is 18.9 Å². The van der Waals surface area contributed by atoms with Gasteiger partial charge in [0.15, 0.2) is 0 Å². The van der Waals surface area contributed by atoms with Crippen LogP contribution in [0.2, 0.25) is 0 Å². The minimum absolute atomic E-state index is 0.175. The summed E-state index contributed by atoms with van der Waals surface area (Å²) in [7, 11) is 0. The number of anilines is 1. The van der Waals surface area contributed by atoms with E-state index in [2.05, 4.69) is 20.6 Å². The summed E-state index contributed by atoms with van der Waals surface area (Å²) in [6, 6.07) is 1.81. The lowest BCUT2D eigenvalue weighted by Gasteiger charge is -2.22. The Kier molecular flexibility index (Phi) is 3.69. The normalized spacial score (nSPS) is 16.8. The van der Waals surface area contributed by atoms with Gasteiger partial charge in [-0.2, -0.15) is 0 Å². The predicted molar refractivity (Wildman–Crippen MR) is 61.1 cm³/mol. The maximum Gasteiger partial charge on any atom is 0.320 e. The van der Waals surface area contributed by atoms with Crippen molar-refractivity contribution in [3.8, 4) is 0 Å². The van der Waals surface area contributed by atoms with Gasteiger partial charge < -0.3 is 5.32 Å². The number of carbonyl (C=O) groups is 1. The molecule has 5 heteroatoms. The van der Waals surface area contributed by atoms with Gasteiger partial charge in [0.25, 0.3) is 0 Å². The van der Waals surface area contributed by atoms with E-state index in [0.29, 0.717) is 11.9 Å². The summed E-state index contributed by atoms with van der Waals surface area (Å²) in [6.45, 7) is 0. The Bertz CT molecular complexity index is 335. The Morgan fingerprint density at radius 2 is 2.12 bits per heavy atom. The van der Waals surface area contributed by atoms with Crippen LogP contribution in [-0.4, -0.2) is 22.0 Å². The summed E-state index contributed by atoms with van der Waals surface area (Å²) in [5, 5.41) is 5.64. The standard InChI is InChI=1S/C11H16N4O/c16-11(14-9-4-2-1-3-5-9)15-10-6-7-12-8-13-10/h6-9H,1-5H2,(H2,12,13,14,15,16). The first-order chi connectivity index (χ1) is 7.84. The highest BCUT2D eigenvalue weighted by Gasteiger charge is 2.15. The van der Waals surface area contributed by atoms with Crippen molar-refractivity contribution in [2.45, 2.75) is 38.1 Å². The molecule has 2 amide bonds. The molecule has 1 aliphatic carbocycles. The van der Waals surface area contributed by atoms with E-state index in [1.54, 1.807) is 12.3 Å². The van der Waals surface area contributed by atoms with Crippen LogP contribution in [0.15, 0.2) is 18.6 Å². The predicted octanol–water partition coefficient (Wildman–Crippen LogP) is 1.93. The summed E-state index contributed by atoms with van der Waals surface area (Å²) < 4.78 is 0. The molecule has 2 rings (SSSR count). The van der Waals surface area contributed by atoms with E-state index < -0.39 is 0 Å². The summed E-state index contributed by atoms with van der Waals surface area (Å²) in [5.74, 6) is 0.531. The number of nitrogens with one attached hydrogen (secondary N) is 2. The van der Waals surface area contributed by atoms with Crippen molar-refractivity contribution in [2.24, 2.45) is 0 Å². The lowest BCUT2D eigenvalue weighted by atomic mass is 9.96. The van der Waals surface area contributed by atoms with Crippen molar-refractivity contribution in [1.82, 2.24) is 15.3 Å². The van der Waals surface area contributed by atoms with E-state index in [1.807, 2.05) is 0 Å². The quantitative estimate of drug-likeness (QED) is 0.800. The largest absolute Gasteiger partial charge is 0.335 e. The molecule has 0 aliphatic heterocycles. The average Bonchev–Trinajstić information content (AvgIpc) is 2.31. The smallest absolute Gasteiger partial charge is 0.320 e. The molecular weight excluding hydrogens is 204 g/mol. The molecule has 5 nitrogen and oxygen atoms in total. The second-order valence-corrected chi connectivity index (χ2v) is 4.03. The second kappa shape index (κ2) is 5.44. The van der Waals surface area contributed by atoms with E-state index in [0.717, 1.165) is 12.8 Å². The molecule has 1 saturated carbocycles. The van der Waals surface area contributed by atoms with Crippen molar-refractivity contribution in [2.75, 3.05) is 5.32 Å². The third kappa shape index (κ3) is 3.18. The fourth-order valence-electron chi connectivity index (χ4n) is 1.95. The number of amides is 2. The highest BCUT2D eigenvalue weighted by atomic mass is 16.2. The van der Waals surface area contributed by atoms with Gasteiger partial charge in [-0.1, -0.05) is 19.3 Å². The number of hydrogen-bond acceptors (Lipinski definition) is 3. The number of nitrogens with zero attached hydrogens (tertiary/aromatic N) is 2. The minimum Gasteiger partial charge on any atom is -0.335 e. The lowest BCUT2D eigenvalue weighted by Crippen LogP contribution is -2.39. The highest BCUT2D eigenvalue weighted by molar-refractivity contribution is 5.88. The van der Waals surface area contributed by atoms with Crippen LogP contribution >= 0.6 is 0 Å². The Labute approximate surface area is 94.7 Å². The van der Waals surface area contributed by atoms with Crippen molar-refractivity contribution in [3.05, 3.63) is 18.6 Å². The summed E-state index contributed by atoms with van der Waals surface area (Å²) >= 11 is 0. The highest BCUT2D eigenvalue weighted by Crippen LogP contribution is 2.17. The Balaban J connectivity index is 1.80. The van der Waals surface area contributed by atoms with Crippen LogP contribution in [0.4, 0.5) is 10.6 Å². The number of hydrogen-bond donors (Lipinski definition) is 2. The maximum atomic E-state index is 11.6. The van der Waals surface area contributed by atoms with E-state index in [1.165, 1.54) is 25.6 Å². The Morgan fingerprint density at radius 3 is 2.81 bits per heavy atom. The van der Waals surface area contributed by atoms with Crippen LogP contribution in [-0.2, 0) is 0 Å². The zero-order valence-corrected chi connectivity index (χ0v) is 9.15. The van der Waals surface area contributed by atoms with Crippen LogP contribution in [0.5, 0.6) is 0 Å². The van der Waals surface area contributed by atoms with Gasteiger partial charge in [0.2, 0.25) is 0 Å². The molecule has 0 bridgehead atoms. The molecule has 0 saturated heterocycles. The molecule has 2 N–H and O–H groups in total. The summed E-state index contributed by atoms with van der Waals surface area (Å²) in [4.78, 5) is 19.3. The fourth-order valence-corrected chi connectivity index (χ4v) is 1.95. The molecule has 16 heavy (non-hydrogen) atoms. The minimum atomic E-state index is -0.175. The monoisotopic (exact) mass is 220 g/mol. The van der Waals surface area contributed by atoms with Crippen LogP contribution in [0.25, 0.3) is 0 Å². The SMILES string of the molecule is O=C(Nc1ccncn1)NC1CCCCC1. The number of aromatic nitrogens is 2. The molecule has 0 aromatic carbocycles. The van der Waals surface area contributed by atoms with Crippen LogP contribution in [0.1, 0.15) is 32.1 Å². The molecule has 0 unspecified atom stereocenters. The average molecular weight is 220 g/mol. The molecule has 0 radical (unpaired) electrons.